The zero-order valence-electron chi connectivity index (χ0n) is 14.8. The molecule has 0 aromatic heterocycles. The van der Waals surface area contributed by atoms with E-state index in [1.165, 1.54) is 0 Å². The van der Waals surface area contributed by atoms with Crippen LogP contribution in [0.15, 0.2) is 0 Å². The van der Waals surface area contributed by atoms with E-state index in [1.807, 2.05) is 23.6 Å². The van der Waals surface area contributed by atoms with Crippen LogP contribution < -0.4 is 11.1 Å². The second-order valence-corrected chi connectivity index (χ2v) is 9.00. The molecule has 3 aliphatic heterocycles. The van der Waals surface area contributed by atoms with Crippen molar-refractivity contribution in [3.05, 3.63) is 0 Å². The summed E-state index contributed by atoms with van der Waals surface area (Å²) in [4.78, 5) is 30.8. The topological polar surface area (TPSA) is 81.9 Å². The van der Waals surface area contributed by atoms with Crippen molar-refractivity contribution in [2.45, 2.75) is 30.8 Å². The van der Waals surface area contributed by atoms with Crippen LogP contribution in [-0.4, -0.2) is 95.5 Å². The van der Waals surface area contributed by atoms with Crippen LogP contribution in [0.1, 0.15) is 13.8 Å². The monoisotopic (exact) mass is 355 g/mol. The molecule has 3 fully saturated rings. The number of nitrogens with two attached hydrogens (primary N) is 1. The summed E-state index contributed by atoms with van der Waals surface area (Å²) in [5.74, 6) is 1.15. The van der Waals surface area contributed by atoms with E-state index in [0.29, 0.717) is 13.1 Å². The Balaban J connectivity index is 1.50. The van der Waals surface area contributed by atoms with Crippen molar-refractivity contribution in [3.63, 3.8) is 0 Å². The summed E-state index contributed by atoms with van der Waals surface area (Å²) in [5, 5.41) is 3.49. The van der Waals surface area contributed by atoms with Gasteiger partial charge in [0.15, 0.2) is 0 Å². The number of likely N-dealkylation sites (N-methyl/N-ethyl adjacent to an activating group) is 1. The maximum absolute atomic E-state index is 12.7. The molecule has 24 heavy (non-hydrogen) atoms. The van der Waals surface area contributed by atoms with Gasteiger partial charge in [-0.2, -0.15) is 0 Å². The molecule has 0 radical (unpaired) electrons. The lowest BCUT2D eigenvalue weighted by Crippen LogP contribution is -2.70. The molecule has 0 aromatic carbocycles. The van der Waals surface area contributed by atoms with Crippen LogP contribution in [0.3, 0.4) is 0 Å². The van der Waals surface area contributed by atoms with Gasteiger partial charge in [-0.3, -0.25) is 14.9 Å². The number of hydrogen-bond acceptors (Lipinski definition) is 6. The van der Waals surface area contributed by atoms with E-state index < -0.39 is 6.04 Å². The number of hydrogen-bond donors (Lipinski definition) is 2. The highest BCUT2D eigenvalue weighted by atomic mass is 32.2. The first kappa shape index (κ1) is 18.0. The third kappa shape index (κ3) is 3.42. The van der Waals surface area contributed by atoms with Crippen LogP contribution in [0.25, 0.3) is 0 Å². The predicted molar refractivity (Wildman–Crippen MR) is 95.6 cm³/mol. The van der Waals surface area contributed by atoms with Crippen molar-refractivity contribution in [2.75, 3.05) is 52.1 Å². The first-order chi connectivity index (χ1) is 11.3. The molecule has 2 amide bonds. The lowest BCUT2D eigenvalue weighted by molar-refractivity contribution is -0.140. The first-order valence-electron chi connectivity index (χ1n) is 8.75. The van der Waals surface area contributed by atoms with Gasteiger partial charge in [0, 0.05) is 31.9 Å². The Kier molecular flexibility index (Phi) is 5.11. The molecule has 3 heterocycles. The van der Waals surface area contributed by atoms with Crippen molar-refractivity contribution in [1.29, 1.82) is 0 Å². The number of likely N-dealkylation sites (tertiary alicyclic amines) is 1. The zero-order chi connectivity index (χ0) is 17.5. The number of carbonyl (C=O) groups excluding carboxylic acids is 2. The van der Waals surface area contributed by atoms with E-state index in [-0.39, 0.29) is 28.6 Å². The third-order valence-electron chi connectivity index (χ3n) is 5.28. The Morgan fingerprint density at radius 2 is 1.79 bits per heavy atom. The number of carbonyl (C=O) groups is 2. The largest absolute Gasteiger partial charge is 0.339 e. The van der Waals surface area contributed by atoms with E-state index >= 15 is 0 Å². The van der Waals surface area contributed by atoms with Crippen LogP contribution >= 0.6 is 11.8 Å². The van der Waals surface area contributed by atoms with Crippen LogP contribution in [0.4, 0.5) is 0 Å². The Morgan fingerprint density at radius 1 is 1.17 bits per heavy atom. The van der Waals surface area contributed by atoms with Gasteiger partial charge in [0.25, 0.3) is 0 Å². The average Bonchev–Trinajstić information content (AvgIpc) is 2.97. The van der Waals surface area contributed by atoms with E-state index in [1.54, 1.807) is 11.8 Å². The van der Waals surface area contributed by atoms with Gasteiger partial charge < -0.3 is 20.4 Å². The molecule has 7 nitrogen and oxygen atoms in total. The molecular weight excluding hydrogens is 326 g/mol. The summed E-state index contributed by atoms with van der Waals surface area (Å²) < 4.78 is 0. The van der Waals surface area contributed by atoms with Gasteiger partial charge in [-0.25, -0.2) is 0 Å². The van der Waals surface area contributed by atoms with Gasteiger partial charge >= 0.3 is 0 Å². The zero-order valence-corrected chi connectivity index (χ0v) is 15.6. The minimum atomic E-state index is -0.434. The minimum absolute atomic E-state index is 0.0202. The fourth-order valence-electron chi connectivity index (χ4n) is 3.43. The lowest BCUT2D eigenvalue weighted by atomic mass is 10.00. The van der Waals surface area contributed by atoms with Gasteiger partial charge in [0.2, 0.25) is 11.8 Å². The summed E-state index contributed by atoms with van der Waals surface area (Å²) in [6.07, 6.45) is 0. The Bertz CT molecular complexity index is 501. The molecule has 0 aliphatic carbocycles. The molecule has 0 bridgehead atoms. The summed E-state index contributed by atoms with van der Waals surface area (Å²) in [7, 11) is 2.09. The fourth-order valence-corrected chi connectivity index (χ4v) is 4.86. The number of thioether (sulfide) groups is 1. The smallest absolute Gasteiger partial charge is 0.240 e. The van der Waals surface area contributed by atoms with Gasteiger partial charge in [-0.05, 0) is 13.0 Å². The molecule has 1 spiro atoms. The molecule has 0 unspecified atom stereocenters. The highest BCUT2D eigenvalue weighted by Gasteiger charge is 2.52. The quantitative estimate of drug-likeness (QED) is 0.675. The molecule has 3 rings (SSSR count). The van der Waals surface area contributed by atoms with Gasteiger partial charge in [-0.15, -0.1) is 11.8 Å². The highest BCUT2D eigenvalue weighted by Crippen LogP contribution is 2.39. The van der Waals surface area contributed by atoms with E-state index in [0.717, 1.165) is 31.9 Å². The first-order valence-corrected chi connectivity index (χ1v) is 9.73. The fraction of sp³-hybridized carbons (Fsp3) is 0.875. The highest BCUT2D eigenvalue weighted by molar-refractivity contribution is 8.01. The maximum atomic E-state index is 12.7. The molecule has 2 atom stereocenters. The van der Waals surface area contributed by atoms with Gasteiger partial charge in [0.1, 0.15) is 4.87 Å². The summed E-state index contributed by atoms with van der Waals surface area (Å²) in [6.45, 7) is 8.69. The van der Waals surface area contributed by atoms with E-state index in [2.05, 4.69) is 17.3 Å². The number of rotatable bonds is 3. The standard InChI is InChI=1S/C16H29N5O2S/c1-11(2)13(17)15(23)21-9-16(10-21)18-12(8-24-16)14(22)20-6-4-19(3)5-7-20/h11-13,18H,4-10,17H2,1-3H3/t12-,13-/m0/s1. The van der Waals surface area contributed by atoms with Crippen molar-refractivity contribution >= 4 is 23.6 Å². The minimum Gasteiger partial charge on any atom is -0.339 e. The Morgan fingerprint density at radius 3 is 2.38 bits per heavy atom. The van der Waals surface area contributed by atoms with Crippen LogP contribution in [0.2, 0.25) is 0 Å². The van der Waals surface area contributed by atoms with Crippen LogP contribution in [0, 0.1) is 5.92 Å². The summed E-state index contributed by atoms with van der Waals surface area (Å²) in [5.41, 5.74) is 5.96. The number of nitrogens with zero attached hydrogens (tertiary/aromatic N) is 3. The van der Waals surface area contributed by atoms with Crippen molar-refractivity contribution < 1.29 is 9.59 Å². The third-order valence-corrected chi connectivity index (χ3v) is 6.71. The number of nitrogens with one attached hydrogen (secondary N) is 1. The van der Waals surface area contributed by atoms with Crippen LogP contribution in [0.5, 0.6) is 0 Å². The van der Waals surface area contributed by atoms with E-state index in [4.69, 9.17) is 5.73 Å². The maximum Gasteiger partial charge on any atom is 0.240 e. The summed E-state index contributed by atoms with van der Waals surface area (Å²) in [6, 6.07) is -0.564. The van der Waals surface area contributed by atoms with E-state index in [9.17, 15) is 9.59 Å². The molecule has 3 N–H and O–H groups in total. The summed E-state index contributed by atoms with van der Waals surface area (Å²) >= 11 is 1.77. The normalized spacial score (nSPS) is 28.3. The van der Waals surface area contributed by atoms with Crippen molar-refractivity contribution in [3.8, 4) is 0 Å². The average molecular weight is 356 g/mol. The number of amides is 2. The second kappa shape index (κ2) is 6.82. The van der Waals surface area contributed by atoms with Crippen molar-refractivity contribution in [2.24, 2.45) is 11.7 Å². The Hall–Kier alpha value is -0.830. The van der Waals surface area contributed by atoms with Crippen molar-refractivity contribution in [1.82, 2.24) is 20.0 Å². The predicted octanol–water partition coefficient (Wildman–Crippen LogP) is -1.01. The second-order valence-electron chi connectivity index (χ2n) is 7.59. The molecular formula is C16H29N5O2S. The molecule has 3 aliphatic rings. The molecule has 3 saturated heterocycles. The number of piperazine rings is 1. The molecule has 8 heteroatoms. The Labute approximate surface area is 148 Å². The van der Waals surface area contributed by atoms with Gasteiger partial charge in [-0.1, -0.05) is 13.8 Å². The SMILES string of the molecule is CC(C)[C@H](N)C(=O)N1CC2(C1)N[C@H](C(=O)N1CCN(C)CC1)CS2. The lowest BCUT2D eigenvalue weighted by Gasteiger charge is -2.48. The molecule has 0 aromatic rings. The molecule has 136 valence electrons. The van der Waals surface area contributed by atoms with Crippen LogP contribution in [-0.2, 0) is 9.59 Å². The molecule has 0 saturated carbocycles. The van der Waals surface area contributed by atoms with Gasteiger partial charge in [0.05, 0.1) is 25.2 Å².